The van der Waals surface area contributed by atoms with E-state index in [9.17, 15) is 8.42 Å². The first-order valence-corrected chi connectivity index (χ1v) is 8.38. The SMILES string of the molecule is CC(C)(C[NH+]1CCOCC1)NS(=O)(=O)c1ccccc1. The lowest BCUT2D eigenvalue weighted by Gasteiger charge is -2.32. The van der Waals surface area contributed by atoms with Crippen molar-refractivity contribution in [1.29, 1.82) is 0 Å². The summed E-state index contributed by atoms with van der Waals surface area (Å²) >= 11 is 0. The van der Waals surface area contributed by atoms with Gasteiger partial charge >= 0.3 is 0 Å². The van der Waals surface area contributed by atoms with Gasteiger partial charge in [-0.3, -0.25) is 0 Å². The van der Waals surface area contributed by atoms with Crippen molar-refractivity contribution < 1.29 is 18.1 Å². The molecule has 0 aromatic heterocycles. The van der Waals surface area contributed by atoms with E-state index in [-0.39, 0.29) is 0 Å². The zero-order chi connectivity index (χ0) is 14.6. The molecule has 0 spiro atoms. The van der Waals surface area contributed by atoms with Gasteiger partial charge < -0.3 is 9.64 Å². The minimum Gasteiger partial charge on any atom is -0.370 e. The molecule has 112 valence electrons. The molecule has 1 saturated heterocycles. The molecule has 1 aromatic carbocycles. The highest BCUT2D eigenvalue weighted by Gasteiger charge is 2.31. The molecule has 0 aliphatic carbocycles. The third-order valence-corrected chi connectivity index (χ3v) is 5.07. The van der Waals surface area contributed by atoms with E-state index in [4.69, 9.17) is 4.74 Å². The summed E-state index contributed by atoms with van der Waals surface area (Å²) in [7, 11) is -3.46. The van der Waals surface area contributed by atoms with E-state index in [1.807, 2.05) is 19.9 Å². The summed E-state index contributed by atoms with van der Waals surface area (Å²) < 4.78 is 32.8. The summed E-state index contributed by atoms with van der Waals surface area (Å²) in [6, 6.07) is 8.49. The molecular formula is C14H23N2O3S+. The van der Waals surface area contributed by atoms with E-state index in [2.05, 4.69) is 4.72 Å². The zero-order valence-corrected chi connectivity index (χ0v) is 12.9. The Hall–Kier alpha value is -0.950. The van der Waals surface area contributed by atoms with Crippen molar-refractivity contribution in [3.05, 3.63) is 30.3 Å². The van der Waals surface area contributed by atoms with Gasteiger partial charge in [0.05, 0.1) is 30.2 Å². The Morgan fingerprint density at radius 2 is 1.80 bits per heavy atom. The van der Waals surface area contributed by atoms with Gasteiger partial charge in [0.15, 0.2) is 0 Å². The highest BCUT2D eigenvalue weighted by atomic mass is 32.2. The average Bonchev–Trinajstić information content (AvgIpc) is 2.39. The van der Waals surface area contributed by atoms with Crippen LogP contribution in [0.25, 0.3) is 0 Å². The molecule has 0 atom stereocenters. The van der Waals surface area contributed by atoms with Gasteiger partial charge in [-0.15, -0.1) is 0 Å². The lowest BCUT2D eigenvalue weighted by Crippen LogP contribution is -3.16. The monoisotopic (exact) mass is 299 g/mol. The minimum atomic E-state index is -3.46. The number of nitrogens with one attached hydrogen (secondary N) is 2. The van der Waals surface area contributed by atoms with Crippen LogP contribution in [-0.4, -0.2) is 46.8 Å². The van der Waals surface area contributed by atoms with Gasteiger partial charge in [0.25, 0.3) is 0 Å². The van der Waals surface area contributed by atoms with Crippen LogP contribution in [0.1, 0.15) is 13.8 Å². The number of quaternary nitrogens is 1. The molecule has 1 aliphatic heterocycles. The normalized spacial score (nSPS) is 18.1. The molecule has 2 rings (SSSR count). The number of hydrogen-bond acceptors (Lipinski definition) is 3. The molecule has 1 heterocycles. The van der Waals surface area contributed by atoms with E-state index in [1.54, 1.807) is 24.3 Å². The predicted molar refractivity (Wildman–Crippen MR) is 77.2 cm³/mol. The maximum Gasteiger partial charge on any atom is 0.241 e. The van der Waals surface area contributed by atoms with E-state index in [0.29, 0.717) is 4.90 Å². The van der Waals surface area contributed by atoms with Gasteiger partial charge in [-0.05, 0) is 26.0 Å². The maximum absolute atomic E-state index is 12.3. The van der Waals surface area contributed by atoms with Crippen LogP contribution in [0.2, 0.25) is 0 Å². The number of ether oxygens (including phenoxy) is 1. The number of morpholine rings is 1. The largest absolute Gasteiger partial charge is 0.370 e. The van der Waals surface area contributed by atoms with Gasteiger partial charge in [-0.1, -0.05) is 18.2 Å². The van der Waals surface area contributed by atoms with E-state index >= 15 is 0 Å². The Morgan fingerprint density at radius 1 is 1.20 bits per heavy atom. The smallest absolute Gasteiger partial charge is 0.241 e. The fourth-order valence-electron chi connectivity index (χ4n) is 2.52. The highest BCUT2D eigenvalue weighted by Crippen LogP contribution is 2.11. The first-order valence-electron chi connectivity index (χ1n) is 6.89. The number of sulfonamides is 1. The lowest BCUT2D eigenvalue weighted by atomic mass is 10.1. The third-order valence-electron chi connectivity index (χ3n) is 3.36. The Morgan fingerprint density at radius 3 is 2.40 bits per heavy atom. The van der Waals surface area contributed by atoms with Gasteiger partial charge in [-0.25, -0.2) is 8.42 Å². The second kappa shape index (κ2) is 6.22. The molecule has 5 nitrogen and oxygen atoms in total. The van der Waals surface area contributed by atoms with Crippen molar-refractivity contribution in [1.82, 2.24) is 4.72 Å². The molecule has 0 unspecified atom stereocenters. The molecule has 1 aromatic rings. The van der Waals surface area contributed by atoms with Crippen LogP contribution in [0, 0.1) is 0 Å². The average molecular weight is 299 g/mol. The summed E-state index contributed by atoms with van der Waals surface area (Å²) in [4.78, 5) is 1.68. The Bertz CT molecular complexity index is 523. The molecule has 0 radical (unpaired) electrons. The van der Waals surface area contributed by atoms with Gasteiger partial charge in [0.1, 0.15) is 13.1 Å². The molecule has 0 bridgehead atoms. The van der Waals surface area contributed by atoms with Crippen LogP contribution >= 0.6 is 0 Å². The zero-order valence-electron chi connectivity index (χ0n) is 12.1. The fourth-order valence-corrected chi connectivity index (χ4v) is 3.95. The van der Waals surface area contributed by atoms with Gasteiger partial charge in [0.2, 0.25) is 10.0 Å². The van der Waals surface area contributed by atoms with Crippen LogP contribution in [0.4, 0.5) is 0 Å². The topological polar surface area (TPSA) is 59.8 Å². The van der Waals surface area contributed by atoms with Gasteiger partial charge in [0, 0.05) is 0 Å². The summed E-state index contributed by atoms with van der Waals surface area (Å²) in [6.45, 7) is 7.95. The molecule has 1 fully saturated rings. The molecule has 20 heavy (non-hydrogen) atoms. The minimum absolute atomic E-state index is 0.310. The molecular weight excluding hydrogens is 276 g/mol. The molecule has 6 heteroatoms. The number of benzene rings is 1. The van der Waals surface area contributed by atoms with Crippen molar-refractivity contribution in [3.8, 4) is 0 Å². The van der Waals surface area contributed by atoms with E-state index in [0.717, 1.165) is 32.8 Å². The Labute approximate surface area is 121 Å². The number of hydrogen-bond donors (Lipinski definition) is 2. The van der Waals surface area contributed by atoms with E-state index < -0.39 is 15.6 Å². The highest BCUT2D eigenvalue weighted by molar-refractivity contribution is 7.89. The molecule has 0 amide bonds. The van der Waals surface area contributed by atoms with Crippen molar-refractivity contribution in [3.63, 3.8) is 0 Å². The maximum atomic E-state index is 12.3. The van der Waals surface area contributed by atoms with Crippen LogP contribution < -0.4 is 9.62 Å². The summed E-state index contributed by atoms with van der Waals surface area (Å²) in [5.74, 6) is 0. The van der Waals surface area contributed by atoms with Crippen LogP contribution in [0.3, 0.4) is 0 Å². The molecule has 0 saturated carbocycles. The third kappa shape index (κ3) is 4.28. The van der Waals surface area contributed by atoms with E-state index in [1.165, 1.54) is 4.90 Å². The number of rotatable bonds is 5. The lowest BCUT2D eigenvalue weighted by molar-refractivity contribution is -0.911. The van der Waals surface area contributed by atoms with Crippen molar-refractivity contribution in [2.45, 2.75) is 24.3 Å². The first-order chi connectivity index (χ1) is 9.39. The second-order valence-electron chi connectivity index (χ2n) is 5.84. The summed E-state index contributed by atoms with van der Waals surface area (Å²) in [5, 5.41) is 0. The fraction of sp³-hybridized carbons (Fsp3) is 0.571. The first kappa shape index (κ1) is 15.4. The van der Waals surface area contributed by atoms with Crippen LogP contribution in [-0.2, 0) is 14.8 Å². The summed E-state index contributed by atoms with van der Waals surface area (Å²) in [5.41, 5.74) is -0.485. The van der Waals surface area contributed by atoms with Crippen molar-refractivity contribution >= 4 is 10.0 Å². The van der Waals surface area contributed by atoms with Crippen LogP contribution in [0.5, 0.6) is 0 Å². The van der Waals surface area contributed by atoms with Gasteiger partial charge in [-0.2, -0.15) is 4.72 Å². The quantitative estimate of drug-likeness (QED) is 0.782. The Kier molecular flexibility index (Phi) is 4.80. The Balaban J connectivity index is 2.03. The predicted octanol–water partition coefficient (Wildman–Crippen LogP) is -0.341. The summed E-state index contributed by atoms with van der Waals surface area (Å²) in [6.07, 6.45) is 0. The second-order valence-corrected chi connectivity index (χ2v) is 7.52. The molecule has 2 N–H and O–H groups in total. The molecule has 1 aliphatic rings. The standard InChI is InChI=1S/C14H22N2O3S/c1-14(2,12-16-8-10-19-11-9-16)15-20(17,18)13-6-4-3-5-7-13/h3-7,15H,8-12H2,1-2H3/p+1. The van der Waals surface area contributed by atoms with Crippen molar-refractivity contribution in [2.24, 2.45) is 0 Å². The van der Waals surface area contributed by atoms with Crippen molar-refractivity contribution in [2.75, 3.05) is 32.8 Å². The van der Waals surface area contributed by atoms with Crippen LogP contribution in [0.15, 0.2) is 35.2 Å².